The summed E-state index contributed by atoms with van der Waals surface area (Å²) < 4.78 is 1.78. The van der Waals surface area contributed by atoms with Gasteiger partial charge < -0.3 is 10.1 Å². The lowest BCUT2D eigenvalue weighted by Crippen LogP contribution is -1.95. The second kappa shape index (κ2) is 4.37. The molecule has 3 aromatic rings. The smallest absolute Gasteiger partial charge is 0.150 e. The van der Waals surface area contributed by atoms with Crippen molar-refractivity contribution in [2.24, 2.45) is 0 Å². The molecule has 5 nitrogen and oxygen atoms in total. The van der Waals surface area contributed by atoms with Gasteiger partial charge >= 0.3 is 0 Å². The lowest BCUT2D eigenvalue weighted by Gasteiger charge is -2.04. The topological polar surface area (TPSA) is 73.3 Å². The Morgan fingerprint density at radius 3 is 2.89 bits per heavy atom. The Kier molecular flexibility index (Phi) is 2.68. The first-order valence-electron chi connectivity index (χ1n) is 5.53. The first-order valence-corrected chi connectivity index (χ1v) is 5.90. The van der Waals surface area contributed by atoms with E-state index in [0.717, 1.165) is 11.8 Å². The standard InChI is InChI=1S/C13H9ClN4O/c14-10-5-8(6-19)1-2-9(10)11-12-13(15)16-3-4-18(12)7-17-11/h1-7H,(H2,15,16). The van der Waals surface area contributed by atoms with Crippen molar-refractivity contribution in [3.05, 3.63) is 47.5 Å². The normalized spacial score (nSPS) is 10.8. The van der Waals surface area contributed by atoms with Crippen molar-refractivity contribution in [2.75, 3.05) is 5.73 Å². The average molecular weight is 273 g/mol. The summed E-state index contributed by atoms with van der Waals surface area (Å²) in [6, 6.07) is 5.04. The molecule has 0 amide bonds. The number of halogens is 1. The van der Waals surface area contributed by atoms with Gasteiger partial charge in [0.05, 0.1) is 5.02 Å². The average Bonchev–Trinajstić information content (AvgIpc) is 2.84. The predicted molar refractivity (Wildman–Crippen MR) is 73.2 cm³/mol. The molecule has 1 aromatic carbocycles. The molecule has 2 heterocycles. The maximum atomic E-state index is 10.7. The third-order valence-electron chi connectivity index (χ3n) is 2.86. The minimum Gasteiger partial charge on any atom is -0.382 e. The van der Waals surface area contributed by atoms with Gasteiger partial charge in [-0.2, -0.15) is 0 Å². The number of nitrogen functional groups attached to an aromatic ring is 1. The summed E-state index contributed by atoms with van der Waals surface area (Å²) >= 11 is 6.18. The number of hydrogen-bond donors (Lipinski definition) is 1. The van der Waals surface area contributed by atoms with Gasteiger partial charge in [-0.3, -0.25) is 4.79 Å². The molecule has 0 aliphatic heterocycles. The van der Waals surface area contributed by atoms with Crippen LogP contribution in [0.25, 0.3) is 16.8 Å². The van der Waals surface area contributed by atoms with Crippen LogP contribution in [-0.4, -0.2) is 20.7 Å². The van der Waals surface area contributed by atoms with Gasteiger partial charge in [-0.1, -0.05) is 23.7 Å². The van der Waals surface area contributed by atoms with Crippen LogP contribution in [0.4, 0.5) is 5.82 Å². The fourth-order valence-corrected chi connectivity index (χ4v) is 2.25. The number of anilines is 1. The van der Waals surface area contributed by atoms with E-state index in [1.165, 1.54) is 0 Å². The van der Waals surface area contributed by atoms with Crippen LogP contribution in [0.2, 0.25) is 5.02 Å². The molecular weight excluding hydrogens is 264 g/mol. The molecule has 2 aromatic heterocycles. The van der Waals surface area contributed by atoms with Crippen molar-refractivity contribution >= 4 is 29.2 Å². The second-order valence-corrected chi connectivity index (χ2v) is 4.43. The van der Waals surface area contributed by atoms with Gasteiger partial charge in [-0.25, -0.2) is 9.97 Å². The number of nitrogens with two attached hydrogens (primary N) is 1. The summed E-state index contributed by atoms with van der Waals surface area (Å²) in [5.41, 5.74) is 8.45. The molecule has 3 rings (SSSR count). The van der Waals surface area contributed by atoms with E-state index >= 15 is 0 Å². The van der Waals surface area contributed by atoms with E-state index in [-0.39, 0.29) is 0 Å². The fraction of sp³-hybridized carbons (Fsp3) is 0. The predicted octanol–water partition coefficient (Wildman–Crippen LogP) is 2.44. The molecule has 0 saturated heterocycles. The minimum atomic E-state index is 0.380. The van der Waals surface area contributed by atoms with Crippen LogP contribution in [0.15, 0.2) is 36.9 Å². The largest absolute Gasteiger partial charge is 0.382 e. The zero-order chi connectivity index (χ0) is 13.4. The summed E-state index contributed by atoms with van der Waals surface area (Å²) in [7, 11) is 0. The number of aldehydes is 1. The molecule has 94 valence electrons. The van der Waals surface area contributed by atoms with Gasteiger partial charge in [-0.15, -0.1) is 0 Å². The maximum Gasteiger partial charge on any atom is 0.150 e. The maximum absolute atomic E-state index is 10.7. The Bertz CT molecular complexity index is 781. The van der Waals surface area contributed by atoms with Crippen molar-refractivity contribution < 1.29 is 4.79 Å². The Balaban J connectivity index is 2.28. The van der Waals surface area contributed by atoms with Gasteiger partial charge in [0, 0.05) is 23.5 Å². The number of nitrogens with zero attached hydrogens (tertiary/aromatic N) is 3. The highest BCUT2D eigenvalue weighted by atomic mass is 35.5. The number of hydrogen-bond acceptors (Lipinski definition) is 4. The number of imidazole rings is 1. The van der Waals surface area contributed by atoms with E-state index in [1.807, 2.05) is 0 Å². The first-order chi connectivity index (χ1) is 9.20. The SMILES string of the molecule is Nc1nccn2cnc(-c3ccc(C=O)cc3Cl)c12. The lowest BCUT2D eigenvalue weighted by atomic mass is 10.1. The minimum absolute atomic E-state index is 0.380. The van der Waals surface area contributed by atoms with Crippen LogP contribution >= 0.6 is 11.6 Å². The molecule has 0 aliphatic rings. The molecule has 6 heteroatoms. The van der Waals surface area contributed by atoms with Crippen LogP contribution in [0.5, 0.6) is 0 Å². The summed E-state index contributed by atoms with van der Waals surface area (Å²) in [4.78, 5) is 19.1. The number of carbonyl (C=O) groups is 1. The summed E-state index contributed by atoms with van der Waals surface area (Å²) in [5.74, 6) is 0.380. The van der Waals surface area contributed by atoms with Crippen molar-refractivity contribution in [1.29, 1.82) is 0 Å². The molecule has 19 heavy (non-hydrogen) atoms. The fourth-order valence-electron chi connectivity index (χ4n) is 1.97. The third-order valence-corrected chi connectivity index (χ3v) is 3.17. The Hall–Kier alpha value is -2.40. The van der Waals surface area contributed by atoms with Crippen molar-refractivity contribution in [3.63, 3.8) is 0 Å². The Morgan fingerprint density at radius 2 is 2.16 bits per heavy atom. The van der Waals surface area contributed by atoms with Gasteiger partial charge in [0.2, 0.25) is 0 Å². The molecular formula is C13H9ClN4O. The van der Waals surface area contributed by atoms with E-state index in [4.69, 9.17) is 17.3 Å². The number of fused-ring (bicyclic) bond motifs is 1. The highest BCUT2D eigenvalue weighted by Crippen LogP contribution is 2.31. The van der Waals surface area contributed by atoms with Crippen molar-refractivity contribution in [2.45, 2.75) is 0 Å². The van der Waals surface area contributed by atoms with E-state index < -0.39 is 0 Å². The zero-order valence-corrected chi connectivity index (χ0v) is 10.5. The highest BCUT2D eigenvalue weighted by molar-refractivity contribution is 6.33. The third kappa shape index (κ3) is 1.84. The van der Waals surface area contributed by atoms with Gasteiger partial charge in [0.15, 0.2) is 0 Å². The molecule has 2 N–H and O–H groups in total. The van der Waals surface area contributed by atoms with E-state index in [1.54, 1.807) is 41.3 Å². The Labute approximate surface area is 113 Å². The lowest BCUT2D eigenvalue weighted by molar-refractivity contribution is 0.112. The zero-order valence-electron chi connectivity index (χ0n) is 9.75. The van der Waals surface area contributed by atoms with E-state index in [9.17, 15) is 4.79 Å². The molecule has 0 spiro atoms. The monoisotopic (exact) mass is 272 g/mol. The van der Waals surface area contributed by atoms with Crippen molar-refractivity contribution in [3.8, 4) is 11.3 Å². The van der Waals surface area contributed by atoms with Gasteiger partial charge in [0.25, 0.3) is 0 Å². The summed E-state index contributed by atoms with van der Waals surface area (Å²) in [6.07, 6.45) is 5.75. The van der Waals surface area contributed by atoms with Gasteiger partial charge in [-0.05, 0) is 6.07 Å². The van der Waals surface area contributed by atoms with Crippen LogP contribution in [0.3, 0.4) is 0 Å². The van der Waals surface area contributed by atoms with Crippen LogP contribution in [0, 0.1) is 0 Å². The van der Waals surface area contributed by atoms with Crippen molar-refractivity contribution in [1.82, 2.24) is 14.4 Å². The summed E-state index contributed by atoms with van der Waals surface area (Å²) in [6.45, 7) is 0. The second-order valence-electron chi connectivity index (χ2n) is 4.02. The highest BCUT2D eigenvalue weighted by Gasteiger charge is 2.13. The van der Waals surface area contributed by atoms with Crippen LogP contribution in [0.1, 0.15) is 10.4 Å². The van der Waals surface area contributed by atoms with Crippen LogP contribution in [-0.2, 0) is 0 Å². The Morgan fingerprint density at radius 1 is 1.32 bits per heavy atom. The molecule has 0 fully saturated rings. The summed E-state index contributed by atoms with van der Waals surface area (Å²) in [5, 5.41) is 0.452. The number of rotatable bonds is 2. The molecule has 0 unspecified atom stereocenters. The molecule has 0 bridgehead atoms. The molecule has 0 aliphatic carbocycles. The molecule has 0 radical (unpaired) electrons. The molecule has 0 saturated carbocycles. The quantitative estimate of drug-likeness (QED) is 0.727. The first kappa shape index (κ1) is 11.7. The van der Waals surface area contributed by atoms with E-state index in [2.05, 4.69) is 9.97 Å². The van der Waals surface area contributed by atoms with E-state index in [0.29, 0.717) is 27.6 Å². The number of aromatic nitrogens is 3. The molecule has 0 atom stereocenters. The number of benzene rings is 1. The van der Waals surface area contributed by atoms with Gasteiger partial charge in [0.1, 0.15) is 29.6 Å². The number of carbonyl (C=O) groups excluding carboxylic acids is 1. The van der Waals surface area contributed by atoms with Crippen LogP contribution < -0.4 is 5.73 Å².